The Hall–Kier alpha value is -2.04. The van der Waals surface area contributed by atoms with Gasteiger partial charge in [0.25, 0.3) is 0 Å². The van der Waals surface area contributed by atoms with Crippen LogP contribution in [0.4, 0.5) is 0 Å². The third kappa shape index (κ3) is 1.95. The van der Waals surface area contributed by atoms with Crippen molar-refractivity contribution < 1.29 is 19.5 Å². The molecule has 1 aliphatic rings. The molecular formula is C12H13NO4. The summed E-state index contributed by atoms with van der Waals surface area (Å²) in [5.74, 6) is -0.365. The maximum Gasteiger partial charge on any atom is 0.351 e. The second kappa shape index (κ2) is 4.08. The number of carboxylic acids is 1. The fraction of sp³-hybridized carbons (Fsp3) is 0.333. The zero-order chi connectivity index (χ0) is 12.5. The van der Waals surface area contributed by atoms with Gasteiger partial charge in [-0.1, -0.05) is 17.3 Å². The third-order valence-electron chi connectivity index (χ3n) is 2.73. The topological polar surface area (TPSA) is 68.1 Å². The van der Waals surface area contributed by atoms with E-state index in [-0.39, 0.29) is 6.42 Å². The van der Waals surface area contributed by atoms with Gasteiger partial charge in [0, 0.05) is 12.0 Å². The number of carboxylic acid groups (broad SMARTS) is 1. The van der Waals surface area contributed by atoms with Crippen LogP contribution in [0.1, 0.15) is 18.9 Å². The number of aliphatic carboxylic acids is 1. The van der Waals surface area contributed by atoms with E-state index in [4.69, 9.17) is 14.7 Å². The molecule has 1 aromatic carbocycles. The van der Waals surface area contributed by atoms with Gasteiger partial charge in [-0.2, -0.15) is 0 Å². The zero-order valence-electron chi connectivity index (χ0n) is 9.64. The molecule has 1 atom stereocenters. The highest BCUT2D eigenvalue weighted by Gasteiger charge is 2.42. The average molecular weight is 235 g/mol. The first-order chi connectivity index (χ1) is 8.07. The molecular weight excluding hydrogens is 222 g/mol. The highest BCUT2D eigenvalue weighted by atomic mass is 16.7. The van der Waals surface area contributed by atoms with Gasteiger partial charge in [-0.25, -0.2) is 4.79 Å². The van der Waals surface area contributed by atoms with Crippen molar-refractivity contribution in [3.8, 4) is 5.75 Å². The Morgan fingerprint density at radius 2 is 2.24 bits per heavy atom. The molecule has 0 amide bonds. The number of nitrogens with zero attached hydrogens (tertiary/aromatic N) is 1. The van der Waals surface area contributed by atoms with E-state index < -0.39 is 11.6 Å². The van der Waals surface area contributed by atoms with Crippen LogP contribution in [0.15, 0.2) is 29.4 Å². The number of para-hydroxylation sites is 1. The fourth-order valence-corrected chi connectivity index (χ4v) is 1.68. The zero-order valence-corrected chi connectivity index (χ0v) is 9.64. The van der Waals surface area contributed by atoms with Gasteiger partial charge >= 0.3 is 5.97 Å². The lowest BCUT2D eigenvalue weighted by Gasteiger charge is -2.14. The van der Waals surface area contributed by atoms with Crippen LogP contribution in [-0.4, -0.2) is 29.5 Å². The fourth-order valence-electron chi connectivity index (χ4n) is 1.68. The summed E-state index contributed by atoms with van der Waals surface area (Å²) in [6, 6.07) is 7.31. The van der Waals surface area contributed by atoms with Crippen LogP contribution in [0.2, 0.25) is 0 Å². The molecule has 0 saturated heterocycles. The molecule has 0 unspecified atom stereocenters. The van der Waals surface area contributed by atoms with E-state index in [0.717, 1.165) is 5.56 Å². The minimum Gasteiger partial charge on any atom is -0.496 e. The molecule has 1 heterocycles. The van der Waals surface area contributed by atoms with Gasteiger partial charge in [0.1, 0.15) is 5.75 Å². The predicted molar refractivity (Wildman–Crippen MR) is 61.3 cm³/mol. The van der Waals surface area contributed by atoms with E-state index in [1.807, 2.05) is 18.2 Å². The molecule has 1 N–H and O–H groups in total. The van der Waals surface area contributed by atoms with E-state index in [2.05, 4.69) is 5.16 Å². The summed E-state index contributed by atoms with van der Waals surface area (Å²) in [6.45, 7) is 1.50. The molecule has 0 aliphatic carbocycles. The predicted octanol–water partition coefficient (Wildman–Crippen LogP) is 1.66. The lowest BCUT2D eigenvalue weighted by atomic mass is 9.96. The molecule has 5 heteroatoms. The molecule has 0 spiro atoms. The van der Waals surface area contributed by atoms with Crippen LogP contribution < -0.4 is 4.74 Å². The van der Waals surface area contributed by atoms with E-state index in [1.165, 1.54) is 6.92 Å². The van der Waals surface area contributed by atoms with Crippen molar-refractivity contribution in [2.45, 2.75) is 18.9 Å². The SMILES string of the molecule is COc1ccccc1C1=NO[C@](C)(C(=O)O)C1. The van der Waals surface area contributed by atoms with Crippen LogP contribution in [0.5, 0.6) is 5.75 Å². The van der Waals surface area contributed by atoms with Crippen molar-refractivity contribution in [3.05, 3.63) is 29.8 Å². The van der Waals surface area contributed by atoms with Gasteiger partial charge in [-0.3, -0.25) is 0 Å². The first-order valence-electron chi connectivity index (χ1n) is 5.18. The van der Waals surface area contributed by atoms with E-state index >= 15 is 0 Å². The monoisotopic (exact) mass is 235 g/mol. The molecule has 0 radical (unpaired) electrons. The number of hydrogen-bond donors (Lipinski definition) is 1. The molecule has 5 nitrogen and oxygen atoms in total. The summed E-state index contributed by atoms with van der Waals surface area (Å²) >= 11 is 0. The number of rotatable bonds is 3. The van der Waals surface area contributed by atoms with Crippen molar-refractivity contribution in [2.24, 2.45) is 5.16 Å². The molecule has 90 valence electrons. The summed E-state index contributed by atoms with van der Waals surface area (Å²) in [7, 11) is 1.56. The number of oxime groups is 1. The average Bonchev–Trinajstić information content (AvgIpc) is 2.73. The maximum absolute atomic E-state index is 11.0. The Morgan fingerprint density at radius 3 is 2.82 bits per heavy atom. The van der Waals surface area contributed by atoms with Gasteiger partial charge in [-0.15, -0.1) is 0 Å². The van der Waals surface area contributed by atoms with Gasteiger partial charge in [0.15, 0.2) is 0 Å². The molecule has 17 heavy (non-hydrogen) atoms. The highest BCUT2D eigenvalue weighted by Crippen LogP contribution is 2.30. The summed E-state index contributed by atoms with van der Waals surface area (Å²) < 4.78 is 5.20. The Balaban J connectivity index is 2.29. The standard InChI is InChI=1S/C12H13NO4/c1-12(11(14)15)7-9(13-17-12)8-5-3-4-6-10(8)16-2/h3-6H,7H2,1-2H3,(H,14,15)/t12-/m0/s1. The molecule has 1 aromatic rings. The van der Waals surface area contributed by atoms with Crippen LogP contribution in [0.25, 0.3) is 0 Å². The minimum absolute atomic E-state index is 0.225. The van der Waals surface area contributed by atoms with E-state index in [1.54, 1.807) is 13.2 Å². The van der Waals surface area contributed by atoms with Gasteiger partial charge < -0.3 is 14.7 Å². The molecule has 0 fully saturated rings. The number of carbonyl (C=O) groups is 1. The Bertz CT molecular complexity index is 483. The van der Waals surface area contributed by atoms with Gasteiger partial charge in [-0.05, 0) is 19.1 Å². The lowest BCUT2D eigenvalue weighted by Crippen LogP contribution is -2.35. The first kappa shape index (κ1) is 11.4. The van der Waals surface area contributed by atoms with Gasteiger partial charge in [0.2, 0.25) is 5.60 Å². The van der Waals surface area contributed by atoms with E-state index in [9.17, 15) is 4.79 Å². The minimum atomic E-state index is -1.28. The van der Waals surface area contributed by atoms with Gasteiger partial charge in [0.05, 0.1) is 12.8 Å². The summed E-state index contributed by atoms with van der Waals surface area (Å²) in [5, 5.41) is 12.9. The summed E-state index contributed by atoms with van der Waals surface area (Å²) in [5.41, 5.74) is 0.0724. The van der Waals surface area contributed by atoms with Crippen molar-refractivity contribution in [2.75, 3.05) is 7.11 Å². The van der Waals surface area contributed by atoms with Crippen molar-refractivity contribution in [1.29, 1.82) is 0 Å². The summed E-state index contributed by atoms with van der Waals surface area (Å²) in [4.78, 5) is 16.0. The van der Waals surface area contributed by atoms with Crippen molar-refractivity contribution >= 4 is 11.7 Å². The molecule has 1 aliphatic heterocycles. The Labute approximate surface area is 98.6 Å². The summed E-state index contributed by atoms with van der Waals surface area (Å²) in [6.07, 6.45) is 0.225. The molecule has 0 saturated carbocycles. The lowest BCUT2D eigenvalue weighted by molar-refractivity contribution is -0.160. The van der Waals surface area contributed by atoms with E-state index in [0.29, 0.717) is 11.5 Å². The number of ether oxygens (including phenoxy) is 1. The van der Waals surface area contributed by atoms with Crippen LogP contribution in [0.3, 0.4) is 0 Å². The second-order valence-electron chi connectivity index (χ2n) is 4.04. The maximum atomic E-state index is 11.0. The number of methoxy groups -OCH3 is 1. The molecule has 0 aromatic heterocycles. The molecule has 0 bridgehead atoms. The normalized spacial score (nSPS) is 22.8. The van der Waals surface area contributed by atoms with Crippen molar-refractivity contribution in [1.82, 2.24) is 0 Å². The van der Waals surface area contributed by atoms with Crippen molar-refractivity contribution in [3.63, 3.8) is 0 Å². The molecule has 2 rings (SSSR count). The number of hydrogen-bond acceptors (Lipinski definition) is 4. The number of benzene rings is 1. The smallest absolute Gasteiger partial charge is 0.351 e. The second-order valence-corrected chi connectivity index (χ2v) is 4.04. The highest BCUT2D eigenvalue weighted by molar-refractivity contribution is 6.06. The third-order valence-corrected chi connectivity index (χ3v) is 2.73. The largest absolute Gasteiger partial charge is 0.496 e. The Morgan fingerprint density at radius 1 is 1.53 bits per heavy atom. The van der Waals surface area contributed by atoms with Crippen LogP contribution >= 0.6 is 0 Å². The Kier molecular flexibility index (Phi) is 2.75. The van der Waals surface area contributed by atoms with Crippen LogP contribution in [0, 0.1) is 0 Å². The quantitative estimate of drug-likeness (QED) is 0.865. The first-order valence-corrected chi connectivity index (χ1v) is 5.18. The van der Waals surface area contributed by atoms with Crippen LogP contribution in [-0.2, 0) is 9.63 Å².